The van der Waals surface area contributed by atoms with Gasteiger partial charge in [0.1, 0.15) is 11.9 Å². The normalized spacial score (nSPS) is 17.1. The SMILES string of the molecule is Cc1ccc2c(c1)OC(Cc1cccc(C)c1C)CN2. The zero-order valence-electron chi connectivity index (χ0n) is 12.4. The van der Waals surface area contributed by atoms with E-state index in [2.05, 4.69) is 62.5 Å². The largest absolute Gasteiger partial charge is 0.486 e. The molecule has 0 radical (unpaired) electrons. The second kappa shape index (κ2) is 5.20. The molecule has 0 aromatic heterocycles. The highest BCUT2D eigenvalue weighted by Gasteiger charge is 2.20. The first-order chi connectivity index (χ1) is 9.63. The average molecular weight is 267 g/mol. The van der Waals surface area contributed by atoms with E-state index in [1.165, 1.54) is 22.3 Å². The number of nitrogens with one attached hydrogen (secondary N) is 1. The van der Waals surface area contributed by atoms with Crippen LogP contribution in [0.25, 0.3) is 0 Å². The monoisotopic (exact) mass is 267 g/mol. The van der Waals surface area contributed by atoms with Gasteiger partial charge in [-0.1, -0.05) is 24.3 Å². The maximum absolute atomic E-state index is 6.15. The molecule has 0 spiro atoms. The summed E-state index contributed by atoms with van der Waals surface area (Å²) in [5.41, 5.74) is 6.45. The topological polar surface area (TPSA) is 21.3 Å². The quantitative estimate of drug-likeness (QED) is 0.887. The number of fused-ring (bicyclic) bond motifs is 1. The molecule has 104 valence electrons. The molecule has 20 heavy (non-hydrogen) atoms. The van der Waals surface area contributed by atoms with Gasteiger partial charge in [0.2, 0.25) is 0 Å². The Kier molecular flexibility index (Phi) is 3.39. The second-order valence-corrected chi connectivity index (χ2v) is 5.68. The Morgan fingerprint density at radius 3 is 2.85 bits per heavy atom. The lowest BCUT2D eigenvalue weighted by atomic mass is 9.98. The number of benzene rings is 2. The van der Waals surface area contributed by atoms with E-state index in [0.717, 1.165) is 24.4 Å². The summed E-state index contributed by atoms with van der Waals surface area (Å²) in [4.78, 5) is 0. The summed E-state index contributed by atoms with van der Waals surface area (Å²) in [5, 5.41) is 3.47. The molecule has 2 aromatic carbocycles. The van der Waals surface area contributed by atoms with Gasteiger partial charge in [0.15, 0.2) is 0 Å². The summed E-state index contributed by atoms with van der Waals surface area (Å²) >= 11 is 0. The Balaban J connectivity index is 1.79. The first-order valence-corrected chi connectivity index (χ1v) is 7.20. The molecule has 1 aliphatic rings. The lowest BCUT2D eigenvalue weighted by molar-refractivity contribution is 0.206. The van der Waals surface area contributed by atoms with Crippen molar-refractivity contribution in [2.24, 2.45) is 0 Å². The van der Waals surface area contributed by atoms with Crippen LogP contribution in [0.4, 0.5) is 5.69 Å². The van der Waals surface area contributed by atoms with Crippen LogP contribution in [-0.2, 0) is 6.42 Å². The number of anilines is 1. The van der Waals surface area contributed by atoms with E-state index < -0.39 is 0 Å². The highest BCUT2D eigenvalue weighted by molar-refractivity contribution is 5.59. The number of hydrogen-bond acceptors (Lipinski definition) is 2. The summed E-state index contributed by atoms with van der Waals surface area (Å²) in [7, 11) is 0. The summed E-state index contributed by atoms with van der Waals surface area (Å²) in [6, 6.07) is 12.8. The number of rotatable bonds is 2. The van der Waals surface area contributed by atoms with Crippen molar-refractivity contribution in [3.8, 4) is 5.75 Å². The van der Waals surface area contributed by atoms with Crippen molar-refractivity contribution in [3.05, 3.63) is 58.7 Å². The van der Waals surface area contributed by atoms with Gasteiger partial charge in [-0.2, -0.15) is 0 Å². The van der Waals surface area contributed by atoms with Crippen LogP contribution in [0.3, 0.4) is 0 Å². The molecule has 2 heteroatoms. The third kappa shape index (κ3) is 2.51. The van der Waals surface area contributed by atoms with Crippen molar-refractivity contribution >= 4 is 5.69 Å². The van der Waals surface area contributed by atoms with Gasteiger partial charge in [0.25, 0.3) is 0 Å². The van der Waals surface area contributed by atoms with Crippen molar-refractivity contribution in [3.63, 3.8) is 0 Å². The molecule has 0 amide bonds. The van der Waals surface area contributed by atoms with E-state index in [9.17, 15) is 0 Å². The smallest absolute Gasteiger partial charge is 0.143 e. The van der Waals surface area contributed by atoms with E-state index in [1.807, 2.05) is 0 Å². The van der Waals surface area contributed by atoms with Gasteiger partial charge in [0, 0.05) is 6.42 Å². The lowest BCUT2D eigenvalue weighted by Crippen LogP contribution is -2.32. The molecule has 1 unspecified atom stereocenters. The second-order valence-electron chi connectivity index (χ2n) is 5.68. The third-order valence-electron chi connectivity index (χ3n) is 4.12. The van der Waals surface area contributed by atoms with E-state index >= 15 is 0 Å². The maximum Gasteiger partial charge on any atom is 0.143 e. The summed E-state index contributed by atoms with van der Waals surface area (Å²) in [5.74, 6) is 0.978. The molecule has 0 saturated carbocycles. The number of aryl methyl sites for hydroxylation is 2. The van der Waals surface area contributed by atoms with Crippen molar-refractivity contribution in [2.45, 2.75) is 33.3 Å². The van der Waals surface area contributed by atoms with Crippen LogP contribution >= 0.6 is 0 Å². The molecule has 3 rings (SSSR count). The molecule has 1 heterocycles. The van der Waals surface area contributed by atoms with Gasteiger partial charge >= 0.3 is 0 Å². The van der Waals surface area contributed by atoms with Gasteiger partial charge in [-0.15, -0.1) is 0 Å². The van der Waals surface area contributed by atoms with Crippen LogP contribution in [0.2, 0.25) is 0 Å². The van der Waals surface area contributed by atoms with Crippen molar-refractivity contribution in [2.75, 3.05) is 11.9 Å². The highest BCUT2D eigenvalue weighted by atomic mass is 16.5. The number of hydrogen-bond donors (Lipinski definition) is 1. The van der Waals surface area contributed by atoms with Gasteiger partial charge < -0.3 is 10.1 Å². The van der Waals surface area contributed by atoms with E-state index in [4.69, 9.17) is 4.74 Å². The molecule has 2 nitrogen and oxygen atoms in total. The van der Waals surface area contributed by atoms with Crippen LogP contribution in [0.15, 0.2) is 36.4 Å². The fourth-order valence-electron chi connectivity index (χ4n) is 2.71. The minimum atomic E-state index is 0.199. The highest BCUT2D eigenvalue weighted by Crippen LogP contribution is 2.31. The standard InChI is InChI=1S/C18H21NO/c1-12-7-8-17-18(9-12)20-16(11-19-17)10-15-6-4-5-13(2)14(15)3/h4-9,16,19H,10-11H2,1-3H3. The Morgan fingerprint density at radius 2 is 2.00 bits per heavy atom. The Labute approximate surface area is 120 Å². The zero-order valence-corrected chi connectivity index (χ0v) is 12.4. The molecular weight excluding hydrogens is 246 g/mol. The van der Waals surface area contributed by atoms with Crippen molar-refractivity contribution in [1.29, 1.82) is 0 Å². The predicted molar refractivity (Wildman–Crippen MR) is 83.7 cm³/mol. The molecule has 0 aliphatic carbocycles. The van der Waals surface area contributed by atoms with Gasteiger partial charge in [0.05, 0.1) is 12.2 Å². The number of ether oxygens (including phenoxy) is 1. The third-order valence-corrected chi connectivity index (χ3v) is 4.12. The molecule has 2 aromatic rings. The Hall–Kier alpha value is -1.96. The minimum Gasteiger partial charge on any atom is -0.486 e. The molecule has 0 saturated heterocycles. The summed E-state index contributed by atoms with van der Waals surface area (Å²) < 4.78 is 6.15. The first-order valence-electron chi connectivity index (χ1n) is 7.20. The fraction of sp³-hybridized carbons (Fsp3) is 0.333. The zero-order chi connectivity index (χ0) is 14.1. The van der Waals surface area contributed by atoms with E-state index in [0.29, 0.717) is 0 Å². The van der Waals surface area contributed by atoms with Gasteiger partial charge in [-0.3, -0.25) is 0 Å². The minimum absolute atomic E-state index is 0.199. The van der Waals surface area contributed by atoms with Crippen molar-refractivity contribution < 1.29 is 4.74 Å². The molecule has 0 fully saturated rings. The summed E-state index contributed by atoms with van der Waals surface area (Å²) in [6.45, 7) is 7.32. The van der Waals surface area contributed by atoms with Crippen LogP contribution in [0.1, 0.15) is 22.3 Å². The van der Waals surface area contributed by atoms with Crippen LogP contribution < -0.4 is 10.1 Å². The van der Waals surface area contributed by atoms with E-state index in [1.54, 1.807) is 0 Å². The van der Waals surface area contributed by atoms with Crippen LogP contribution in [0.5, 0.6) is 5.75 Å². The molecular formula is C18H21NO. The average Bonchev–Trinajstić information content (AvgIpc) is 2.43. The van der Waals surface area contributed by atoms with Gasteiger partial charge in [-0.05, 0) is 55.2 Å². The van der Waals surface area contributed by atoms with E-state index in [-0.39, 0.29) is 6.10 Å². The predicted octanol–water partition coefficient (Wildman–Crippen LogP) is 4.03. The Bertz CT molecular complexity index is 633. The van der Waals surface area contributed by atoms with Crippen LogP contribution in [-0.4, -0.2) is 12.6 Å². The molecule has 0 bridgehead atoms. The summed E-state index contributed by atoms with van der Waals surface area (Å²) in [6.07, 6.45) is 1.15. The maximum atomic E-state index is 6.15. The Morgan fingerprint density at radius 1 is 1.15 bits per heavy atom. The van der Waals surface area contributed by atoms with Gasteiger partial charge in [-0.25, -0.2) is 0 Å². The molecule has 1 N–H and O–H groups in total. The first kappa shape index (κ1) is 13.0. The lowest BCUT2D eigenvalue weighted by Gasteiger charge is -2.28. The van der Waals surface area contributed by atoms with Crippen LogP contribution in [0, 0.1) is 20.8 Å². The van der Waals surface area contributed by atoms with Crippen molar-refractivity contribution in [1.82, 2.24) is 0 Å². The fourth-order valence-corrected chi connectivity index (χ4v) is 2.71. The molecule has 1 atom stereocenters. The molecule has 1 aliphatic heterocycles.